The van der Waals surface area contributed by atoms with E-state index in [4.69, 9.17) is 16.7 Å². The van der Waals surface area contributed by atoms with Crippen LogP contribution in [0.1, 0.15) is 22.8 Å². The van der Waals surface area contributed by atoms with Gasteiger partial charge in [-0.25, -0.2) is 0 Å². The highest BCUT2D eigenvalue weighted by Gasteiger charge is 2.12. The molecule has 0 heterocycles. The monoisotopic (exact) mass is 230 g/mol. The number of hydrogen-bond donors (Lipinski definition) is 2. The van der Waals surface area contributed by atoms with Crippen molar-refractivity contribution in [2.75, 3.05) is 0 Å². The minimum absolute atomic E-state index is 0.0796. The van der Waals surface area contributed by atoms with Crippen molar-refractivity contribution in [2.45, 2.75) is 23.8 Å². The molecule has 1 unspecified atom stereocenters. The summed E-state index contributed by atoms with van der Waals surface area (Å²) in [5, 5.41) is 8.36. The van der Waals surface area contributed by atoms with Gasteiger partial charge in [0.2, 0.25) is 0 Å². The van der Waals surface area contributed by atoms with Crippen molar-refractivity contribution in [3.8, 4) is 0 Å². The Morgan fingerprint density at radius 2 is 2.29 bits per heavy atom. The van der Waals surface area contributed by atoms with Crippen LogP contribution in [0.2, 0.25) is 0 Å². The Morgan fingerprint density at radius 1 is 1.64 bits per heavy atom. The van der Waals surface area contributed by atoms with E-state index in [1.165, 1.54) is 0 Å². The maximum atomic E-state index is 11.5. The molecule has 1 rings (SSSR count). The first-order valence-electron chi connectivity index (χ1n) is 4.17. The zero-order chi connectivity index (χ0) is 10.7. The first-order chi connectivity index (χ1) is 6.56. The second-order valence-corrected chi connectivity index (χ2v) is 4.12. The fourth-order valence-electron chi connectivity index (χ4n) is 1.08. The van der Waals surface area contributed by atoms with Crippen molar-refractivity contribution in [3.63, 3.8) is 0 Å². The molecule has 0 amide bonds. The highest BCUT2D eigenvalue weighted by atomic mass is 35.5. The predicted octanol–water partition coefficient (Wildman–Crippen LogP) is 2.28. The Kier molecular flexibility index (Phi) is 3.98. The van der Waals surface area contributed by atoms with Crippen molar-refractivity contribution in [3.05, 3.63) is 29.3 Å². The first kappa shape index (κ1) is 11.6. The van der Waals surface area contributed by atoms with E-state index in [1.54, 1.807) is 25.1 Å². The second kappa shape index (κ2) is 4.82. The zero-order valence-electron chi connectivity index (χ0n) is 7.70. The molecule has 0 saturated heterocycles. The van der Waals surface area contributed by atoms with Crippen LogP contribution in [0.5, 0.6) is 0 Å². The van der Waals surface area contributed by atoms with Crippen molar-refractivity contribution in [1.29, 1.82) is 0 Å². The van der Waals surface area contributed by atoms with Crippen molar-refractivity contribution >= 4 is 30.0 Å². The van der Waals surface area contributed by atoms with Crippen LogP contribution in [0.4, 0.5) is 0 Å². The molecule has 1 N–H and O–H groups in total. The van der Waals surface area contributed by atoms with Crippen LogP contribution in [0.3, 0.4) is 0 Å². The molecule has 1 aromatic rings. The third-order valence-electron chi connectivity index (χ3n) is 1.90. The van der Waals surface area contributed by atoms with E-state index in [2.05, 4.69) is 12.6 Å². The molecular formula is C10H11ClO2S. The van der Waals surface area contributed by atoms with E-state index in [1.807, 2.05) is 0 Å². The number of aliphatic hydroxyl groups excluding tert-OH is 1. The molecule has 0 spiro atoms. The van der Waals surface area contributed by atoms with E-state index in [0.717, 1.165) is 0 Å². The Hall–Kier alpha value is -0.510. The van der Waals surface area contributed by atoms with Gasteiger partial charge >= 0.3 is 0 Å². The number of ketones is 1. The van der Waals surface area contributed by atoms with E-state index < -0.39 is 5.38 Å². The minimum atomic E-state index is -0.539. The van der Waals surface area contributed by atoms with Crippen molar-refractivity contribution < 1.29 is 9.90 Å². The van der Waals surface area contributed by atoms with E-state index in [-0.39, 0.29) is 12.4 Å². The first-order valence-corrected chi connectivity index (χ1v) is 5.05. The van der Waals surface area contributed by atoms with Gasteiger partial charge < -0.3 is 5.11 Å². The number of aliphatic hydroxyl groups is 1. The molecule has 14 heavy (non-hydrogen) atoms. The Labute approximate surface area is 93.3 Å². The largest absolute Gasteiger partial charge is 0.392 e. The lowest BCUT2D eigenvalue weighted by molar-refractivity contribution is 0.0991. The van der Waals surface area contributed by atoms with Gasteiger partial charge in [0, 0.05) is 10.5 Å². The molecule has 0 radical (unpaired) electrons. The van der Waals surface area contributed by atoms with Gasteiger partial charge in [-0.05, 0) is 18.6 Å². The molecule has 1 aromatic carbocycles. The molecule has 0 aliphatic carbocycles. The number of halogens is 1. The minimum Gasteiger partial charge on any atom is -0.392 e. The van der Waals surface area contributed by atoms with E-state index >= 15 is 0 Å². The van der Waals surface area contributed by atoms with Crippen LogP contribution >= 0.6 is 24.2 Å². The van der Waals surface area contributed by atoms with Crippen molar-refractivity contribution in [1.82, 2.24) is 0 Å². The quantitative estimate of drug-likeness (QED) is 0.475. The fourth-order valence-corrected chi connectivity index (χ4v) is 1.49. The summed E-state index contributed by atoms with van der Waals surface area (Å²) in [6.45, 7) is 1.55. The third kappa shape index (κ3) is 2.50. The maximum absolute atomic E-state index is 11.5. The summed E-state index contributed by atoms with van der Waals surface area (Å²) in [4.78, 5) is 12.1. The average molecular weight is 231 g/mol. The van der Waals surface area contributed by atoms with Crippen molar-refractivity contribution in [2.24, 2.45) is 0 Å². The van der Waals surface area contributed by atoms with Crippen LogP contribution in [0.25, 0.3) is 0 Å². The van der Waals surface area contributed by atoms with Gasteiger partial charge in [-0.2, -0.15) is 0 Å². The third-order valence-corrected chi connectivity index (χ3v) is 2.52. The average Bonchev–Trinajstić information content (AvgIpc) is 2.16. The normalized spacial score (nSPS) is 12.6. The molecule has 0 aromatic heterocycles. The number of rotatable bonds is 3. The number of benzene rings is 1. The van der Waals surface area contributed by atoms with Gasteiger partial charge in [0.1, 0.15) is 0 Å². The van der Waals surface area contributed by atoms with Gasteiger partial charge in [0.25, 0.3) is 0 Å². The number of carbonyl (C=O) groups excluding carboxylic acids is 1. The van der Waals surface area contributed by atoms with E-state index in [0.29, 0.717) is 16.0 Å². The van der Waals surface area contributed by atoms with Crippen LogP contribution in [0.15, 0.2) is 23.1 Å². The standard InChI is InChI=1S/C10H11ClO2S/c1-6(11)10(13)7-2-3-8(5-12)9(14)4-7/h2-4,6,12,14H,5H2,1H3. The number of Topliss-reactive ketones (excluding diaryl/α,β-unsaturated/α-hetero) is 1. The fraction of sp³-hybridized carbons (Fsp3) is 0.300. The Balaban J connectivity index is 3.03. The number of carbonyl (C=O) groups is 1. The lowest BCUT2D eigenvalue weighted by Gasteiger charge is -2.06. The summed E-state index contributed by atoms with van der Waals surface area (Å²) in [5.41, 5.74) is 1.22. The van der Waals surface area contributed by atoms with Gasteiger partial charge in [-0.3, -0.25) is 4.79 Å². The SMILES string of the molecule is CC(Cl)C(=O)c1ccc(CO)c(S)c1. The number of thiol groups is 1. The van der Waals surface area contributed by atoms with Crippen LogP contribution < -0.4 is 0 Å². The highest BCUT2D eigenvalue weighted by Crippen LogP contribution is 2.18. The van der Waals surface area contributed by atoms with Gasteiger partial charge in [0.15, 0.2) is 5.78 Å². The molecular weight excluding hydrogens is 220 g/mol. The van der Waals surface area contributed by atoms with Gasteiger partial charge in [-0.1, -0.05) is 12.1 Å². The number of hydrogen-bond acceptors (Lipinski definition) is 3. The molecule has 4 heteroatoms. The maximum Gasteiger partial charge on any atom is 0.180 e. The summed E-state index contributed by atoms with van der Waals surface area (Å²) in [5.74, 6) is -0.133. The zero-order valence-corrected chi connectivity index (χ0v) is 9.35. The van der Waals surface area contributed by atoms with Crippen LogP contribution in [-0.2, 0) is 6.61 Å². The molecule has 2 nitrogen and oxygen atoms in total. The Bertz CT molecular complexity index is 350. The summed E-state index contributed by atoms with van der Waals surface area (Å²) in [7, 11) is 0. The molecule has 0 fully saturated rings. The molecule has 1 atom stereocenters. The molecule has 76 valence electrons. The summed E-state index contributed by atoms with van der Waals surface area (Å²) < 4.78 is 0. The summed E-state index contributed by atoms with van der Waals surface area (Å²) >= 11 is 9.82. The molecule has 0 aliphatic rings. The lowest BCUT2D eigenvalue weighted by atomic mass is 10.1. The highest BCUT2D eigenvalue weighted by molar-refractivity contribution is 7.80. The van der Waals surface area contributed by atoms with E-state index in [9.17, 15) is 4.79 Å². The smallest absolute Gasteiger partial charge is 0.180 e. The molecule has 0 saturated carbocycles. The topological polar surface area (TPSA) is 37.3 Å². The predicted molar refractivity (Wildman–Crippen MR) is 59.3 cm³/mol. The molecule has 0 aliphatic heterocycles. The Morgan fingerprint density at radius 3 is 2.71 bits per heavy atom. The van der Waals surface area contributed by atoms with Gasteiger partial charge in [-0.15, -0.1) is 24.2 Å². The van der Waals surface area contributed by atoms with Crippen LogP contribution in [-0.4, -0.2) is 16.3 Å². The lowest BCUT2D eigenvalue weighted by Crippen LogP contribution is -2.10. The number of alkyl halides is 1. The second-order valence-electron chi connectivity index (χ2n) is 2.98. The van der Waals surface area contributed by atoms with Crippen LogP contribution in [0, 0.1) is 0 Å². The summed E-state index contributed by atoms with van der Waals surface area (Å²) in [6, 6.07) is 4.94. The molecule has 0 bridgehead atoms. The van der Waals surface area contributed by atoms with Gasteiger partial charge in [0.05, 0.1) is 12.0 Å². The summed E-state index contributed by atoms with van der Waals surface area (Å²) in [6.07, 6.45) is 0.